The summed E-state index contributed by atoms with van der Waals surface area (Å²) in [7, 11) is 0. The molecule has 4 N–H and O–H groups in total. The molecule has 0 amide bonds. The third kappa shape index (κ3) is 1.44. The van der Waals surface area contributed by atoms with Crippen molar-refractivity contribution in [3.63, 3.8) is 0 Å². The number of fused-ring (bicyclic) bond motifs is 1. The van der Waals surface area contributed by atoms with E-state index in [9.17, 15) is 4.79 Å². The van der Waals surface area contributed by atoms with Crippen LogP contribution in [0, 0.1) is 0 Å². The van der Waals surface area contributed by atoms with Crippen molar-refractivity contribution in [3.8, 4) is 0 Å². The zero-order valence-corrected chi connectivity index (χ0v) is 8.00. The SMILES string of the molecule is CC[C@H](N)c1ccc2[nH]c(=O)[nH]c2c1. The van der Waals surface area contributed by atoms with Crippen molar-refractivity contribution in [1.82, 2.24) is 9.97 Å². The Morgan fingerprint density at radius 3 is 2.79 bits per heavy atom. The highest BCUT2D eigenvalue weighted by molar-refractivity contribution is 5.75. The van der Waals surface area contributed by atoms with Crippen LogP contribution in [0.25, 0.3) is 11.0 Å². The van der Waals surface area contributed by atoms with E-state index in [0.717, 1.165) is 23.0 Å². The second kappa shape index (κ2) is 3.31. The summed E-state index contributed by atoms with van der Waals surface area (Å²) in [6.45, 7) is 2.04. The maximum absolute atomic E-state index is 11.0. The van der Waals surface area contributed by atoms with Crippen molar-refractivity contribution >= 4 is 11.0 Å². The zero-order chi connectivity index (χ0) is 10.1. The first-order valence-corrected chi connectivity index (χ1v) is 4.68. The number of nitrogens with one attached hydrogen (secondary N) is 2. The molecular formula is C10H13N3O. The van der Waals surface area contributed by atoms with Gasteiger partial charge in [-0.3, -0.25) is 0 Å². The summed E-state index contributed by atoms with van der Waals surface area (Å²) in [5.74, 6) is 0. The van der Waals surface area contributed by atoms with Crippen LogP contribution in [0.3, 0.4) is 0 Å². The van der Waals surface area contributed by atoms with Crippen molar-refractivity contribution in [2.24, 2.45) is 5.73 Å². The molecule has 0 spiro atoms. The van der Waals surface area contributed by atoms with Crippen molar-refractivity contribution in [2.75, 3.05) is 0 Å². The summed E-state index contributed by atoms with van der Waals surface area (Å²) in [5.41, 5.74) is 8.40. The molecule has 74 valence electrons. The Labute approximate surface area is 81.1 Å². The number of aromatic amines is 2. The van der Waals surface area contributed by atoms with E-state index in [1.807, 2.05) is 25.1 Å². The molecular weight excluding hydrogens is 178 g/mol. The van der Waals surface area contributed by atoms with Gasteiger partial charge in [0.1, 0.15) is 0 Å². The average Bonchev–Trinajstić information content (AvgIpc) is 2.55. The van der Waals surface area contributed by atoms with Gasteiger partial charge in [0.05, 0.1) is 11.0 Å². The number of aromatic nitrogens is 2. The topological polar surface area (TPSA) is 74.7 Å². The Kier molecular flexibility index (Phi) is 2.13. The molecule has 0 aliphatic heterocycles. The first-order valence-electron chi connectivity index (χ1n) is 4.68. The van der Waals surface area contributed by atoms with Crippen LogP contribution in [0.4, 0.5) is 0 Å². The Hall–Kier alpha value is -1.55. The highest BCUT2D eigenvalue weighted by atomic mass is 16.1. The van der Waals surface area contributed by atoms with E-state index in [-0.39, 0.29) is 11.7 Å². The Balaban J connectivity index is 2.55. The van der Waals surface area contributed by atoms with E-state index in [2.05, 4.69) is 9.97 Å². The molecule has 0 aliphatic carbocycles. The van der Waals surface area contributed by atoms with Gasteiger partial charge in [0.15, 0.2) is 0 Å². The van der Waals surface area contributed by atoms with Gasteiger partial charge in [-0.25, -0.2) is 4.79 Å². The van der Waals surface area contributed by atoms with E-state index in [1.165, 1.54) is 0 Å². The van der Waals surface area contributed by atoms with Gasteiger partial charge in [-0.2, -0.15) is 0 Å². The summed E-state index contributed by atoms with van der Waals surface area (Å²) in [5, 5.41) is 0. The van der Waals surface area contributed by atoms with Crippen LogP contribution in [-0.4, -0.2) is 9.97 Å². The minimum atomic E-state index is -0.179. The van der Waals surface area contributed by atoms with Gasteiger partial charge >= 0.3 is 5.69 Å². The second-order valence-electron chi connectivity index (χ2n) is 3.40. The normalized spacial score (nSPS) is 13.3. The monoisotopic (exact) mass is 191 g/mol. The fourth-order valence-electron chi connectivity index (χ4n) is 1.52. The predicted molar refractivity (Wildman–Crippen MR) is 56.1 cm³/mol. The van der Waals surface area contributed by atoms with Crippen LogP contribution < -0.4 is 11.4 Å². The molecule has 0 bridgehead atoms. The Morgan fingerprint density at radius 2 is 2.07 bits per heavy atom. The zero-order valence-electron chi connectivity index (χ0n) is 8.00. The molecule has 0 aliphatic rings. The number of hydrogen-bond donors (Lipinski definition) is 3. The largest absolute Gasteiger partial charge is 0.324 e. The third-order valence-electron chi connectivity index (χ3n) is 2.41. The van der Waals surface area contributed by atoms with Crippen LogP contribution in [0.5, 0.6) is 0 Å². The summed E-state index contributed by atoms with van der Waals surface area (Å²) in [6.07, 6.45) is 0.889. The van der Waals surface area contributed by atoms with E-state index in [4.69, 9.17) is 5.73 Å². The number of hydrogen-bond acceptors (Lipinski definition) is 2. The van der Waals surface area contributed by atoms with E-state index >= 15 is 0 Å². The van der Waals surface area contributed by atoms with Gasteiger partial charge in [0.2, 0.25) is 0 Å². The first-order chi connectivity index (χ1) is 6.70. The van der Waals surface area contributed by atoms with Crippen molar-refractivity contribution < 1.29 is 0 Å². The quantitative estimate of drug-likeness (QED) is 0.668. The lowest BCUT2D eigenvalue weighted by atomic mass is 10.1. The van der Waals surface area contributed by atoms with Crippen LogP contribution in [0.2, 0.25) is 0 Å². The highest BCUT2D eigenvalue weighted by Crippen LogP contribution is 2.17. The fourth-order valence-corrected chi connectivity index (χ4v) is 1.52. The van der Waals surface area contributed by atoms with Gasteiger partial charge in [0.25, 0.3) is 0 Å². The predicted octanol–water partition coefficient (Wildman–Crippen LogP) is 1.27. The molecule has 1 aromatic heterocycles. The van der Waals surface area contributed by atoms with Crippen molar-refractivity contribution in [3.05, 3.63) is 34.2 Å². The maximum atomic E-state index is 11.0. The second-order valence-corrected chi connectivity index (χ2v) is 3.40. The van der Waals surface area contributed by atoms with E-state index in [1.54, 1.807) is 0 Å². The molecule has 1 heterocycles. The summed E-state index contributed by atoms with van der Waals surface area (Å²) >= 11 is 0. The standard InChI is InChI=1S/C10H13N3O/c1-2-7(11)6-3-4-8-9(5-6)13-10(14)12-8/h3-5,7H,2,11H2,1H3,(H2,12,13,14)/t7-/m0/s1. The van der Waals surface area contributed by atoms with E-state index < -0.39 is 0 Å². The van der Waals surface area contributed by atoms with Gasteiger partial charge in [0, 0.05) is 6.04 Å². The molecule has 0 saturated heterocycles. The Bertz CT molecular complexity index is 497. The molecule has 1 atom stereocenters. The summed E-state index contributed by atoms with van der Waals surface area (Å²) in [6, 6.07) is 5.78. The highest BCUT2D eigenvalue weighted by Gasteiger charge is 2.05. The fraction of sp³-hybridized carbons (Fsp3) is 0.300. The maximum Gasteiger partial charge on any atom is 0.323 e. The molecule has 14 heavy (non-hydrogen) atoms. The lowest BCUT2D eigenvalue weighted by molar-refractivity contribution is 0.699. The van der Waals surface area contributed by atoms with Gasteiger partial charge in [-0.05, 0) is 24.1 Å². The van der Waals surface area contributed by atoms with E-state index in [0.29, 0.717) is 0 Å². The third-order valence-corrected chi connectivity index (χ3v) is 2.41. The lowest BCUT2D eigenvalue weighted by Crippen LogP contribution is -2.08. The average molecular weight is 191 g/mol. The minimum Gasteiger partial charge on any atom is -0.324 e. The van der Waals surface area contributed by atoms with Crippen molar-refractivity contribution in [1.29, 1.82) is 0 Å². The molecule has 0 unspecified atom stereocenters. The molecule has 0 saturated carbocycles. The number of H-pyrrole nitrogens is 2. The van der Waals surface area contributed by atoms with Crippen LogP contribution in [-0.2, 0) is 0 Å². The molecule has 4 heteroatoms. The lowest BCUT2D eigenvalue weighted by Gasteiger charge is -2.08. The number of imidazole rings is 1. The molecule has 0 radical (unpaired) electrons. The molecule has 2 rings (SSSR count). The number of nitrogens with two attached hydrogens (primary N) is 1. The Morgan fingerprint density at radius 1 is 1.36 bits per heavy atom. The smallest absolute Gasteiger partial charge is 0.323 e. The van der Waals surface area contributed by atoms with Gasteiger partial charge in [-0.15, -0.1) is 0 Å². The molecule has 1 aromatic carbocycles. The van der Waals surface area contributed by atoms with Crippen LogP contribution in [0.1, 0.15) is 24.9 Å². The molecule has 4 nitrogen and oxygen atoms in total. The minimum absolute atomic E-state index is 0.0396. The molecule has 0 fully saturated rings. The van der Waals surface area contributed by atoms with Gasteiger partial charge in [-0.1, -0.05) is 13.0 Å². The number of benzene rings is 1. The van der Waals surface area contributed by atoms with Gasteiger partial charge < -0.3 is 15.7 Å². The summed E-state index contributed by atoms with van der Waals surface area (Å²) < 4.78 is 0. The van der Waals surface area contributed by atoms with Crippen molar-refractivity contribution in [2.45, 2.75) is 19.4 Å². The molecule has 2 aromatic rings. The first kappa shape index (κ1) is 9.02. The van der Waals surface area contributed by atoms with Crippen LogP contribution in [0.15, 0.2) is 23.0 Å². The summed E-state index contributed by atoms with van der Waals surface area (Å²) in [4.78, 5) is 16.4. The van der Waals surface area contributed by atoms with Crippen LogP contribution >= 0.6 is 0 Å². The number of rotatable bonds is 2.